The van der Waals surface area contributed by atoms with Crippen LogP contribution in [-0.4, -0.2) is 11.1 Å². The predicted octanol–water partition coefficient (Wildman–Crippen LogP) is 4.68. The molecule has 1 aliphatic rings. The molecule has 0 aliphatic heterocycles. The number of carboxylic acid groups (broad SMARTS) is 1. The molecule has 2 aromatic rings. The molecule has 0 radical (unpaired) electrons. The van der Waals surface area contributed by atoms with Crippen molar-refractivity contribution in [3.8, 4) is 0 Å². The molecule has 1 aliphatic carbocycles. The molecule has 2 aromatic carbocycles. The zero-order valence-corrected chi connectivity index (χ0v) is 12.2. The van der Waals surface area contributed by atoms with E-state index in [4.69, 9.17) is 5.11 Å². The van der Waals surface area contributed by atoms with Crippen molar-refractivity contribution in [2.75, 3.05) is 0 Å². The zero-order valence-electron chi connectivity index (χ0n) is 12.2. The van der Waals surface area contributed by atoms with Gasteiger partial charge in [-0.3, -0.25) is 0 Å². The van der Waals surface area contributed by atoms with Crippen LogP contribution in [0.5, 0.6) is 0 Å². The SMILES string of the molecule is O=C(O)c1ccc2c(c1)CCC2Cc1ccc(C(F)(F)F)cc1. The third-order valence-electron chi connectivity index (χ3n) is 4.36. The van der Waals surface area contributed by atoms with E-state index in [1.807, 2.05) is 6.07 Å². The van der Waals surface area contributed by atoms with Crippen LogP contribution in [0.15, 0.2) is 42.5 Å². The molecule has 2 nitrogen and oxygen atoms in total. The number of rotatable bonds is 3. The van der Waals surface area contributed by atoms with E-state index in [0.29, 0.717) is 6.42 Å². The second-order valence-electron chi connectivity index (χ2n) is 5.85. The molecule has 1 N–H and O–H groups in total. The highest BCUT2D eigenvalue weighted by molar-refractivity contribution is 5.88. The van der Waals surface area contributed by atoms with E-state index in [1.165, 1.54) is 12.1 Å². The quantitative estimate of drug-likeness (QED) is 0.892. The fourth-order valence-corrected chi connectivity index (χ4v) is 3.17. The van der Waals surface area contributed by atoms with E-state index >= 15 is 0 Å². The molecule has 23 heavy (non-hydrogen) atoms. The summed E-state index contributed by atoms with van der Waals surface area (Å²) in [6.45, 7) is 0. The van der Waals surface area contributed by atoms with Crippen LogP contribution in [-0.2, 0) is 19.0 Å². The number of hydrogen-bond donors (Lipinski definition) is 1. The van der Waals surface area contributed by atoms with Crippen molar-refractivity contribution in [3.05, 3.63) is 70.3 Å². The largest absolute Gasteiger partial charge is 0.478 e. The van der Waals surface area contributed by atoms with Gasteiger partial charge in [-0.25, -0.2) is 4.79 Å². The number of halogens is 3. The number of hydrogen-bond acceptors (Lipinski definition) is 1. The topological polar surface area (TPSA) is 37.3 Å². The maximum absolute atomic E-state index is 12.6. The van der Waals surface area contributed by atoms with Crippen molar-refractivity contribution >= 4 is 5.97 Å². The molecule has 120 valence electrons. The average molecular weight is 320 g/mol. The highest BCUT2D eigenvalue weighted by atomic mass is 19.4. The van der Waals surface area contributed by atoms with E-state index in [-0.39, 0.29) is 11.5 Å². The van der Waals surface area contributed by atoms with E-state index in [1.54, 1.807) is 12.1 Å². The van der Waals surface area contributed by atoms with Crippen LogP contribution in [0.25, 0.3) is 0 Å². The van der Waals surface area contributed by atoms with E-state index in [9.17, 15) is 18.0 Å². The summed E-state index contributed by atoms with van der Waals surface area (Å²) in [6, 6.07) is 10.4. The Morgan fingerprint density at radius 2 is 1.83 bits per heavy atom. The van der Waals surface area contributed by atoms with Crippen molar-refractivity contribution in [3.63, 3.8) is 0 Å². The minimum absolute atomic E-state index is 0.226. The Kier molecular flexibility index (Phi) is 3.88. The average Bonchev–Trinajstić information content (AvgIpc) is 2.89. The highest BCUT2D eigenvalue weighted by Crippen LogP contribution is 2.36. The third-order valence-corrected chi connectivity index (χ3v) is 4.36. The summed E-state index contributed by atoms with van der Waals surface area (Å²) in [5.41, 5.74) is 2.63. The van der Waals surface area contributed by atoms with Gasteiger partial charge in [0.1, 0.15) is 0 Å². The summed E-state index contributed by atoms with van der Waals surface area (Å²) >= 11 is 0. The molecule has 0 amide bonds. The van der Waals surface area contributed by atoms with Crippen LogP contribution in [0.1, 0.15) is 45.0 Å². The number of alkyl halides is 3. The Labute approximate surface area is 131 Å². The maximum Gasteiger partial charge on any atom is 0.416 e. The number of benzene rings is 2. The molecule has 0 heterocycles. The van der Waals surface area contributed by atoms with Gasteiger partial charge in [0.25, 0.3) is 0 Å². The summed E-state index contributed by atoms with van der Waals surface area (Å²) in [5.74, 6) is -0.719. The first-order valence-electron chi connectivity index (χ1n) is 7.37. The number of carbonyl (C=O) groups is 1. The highest BCUT2D eigenvalue weighted by Gasteiger charge is 2.30. The molecule has 0 bridgehead atoms. The van der Waals surface area contributed by atoms with Crippen molar-refractivity contribution in [2.24, 2.45) is 0 Å². The first-order chi connectivity index (χ1) is 10.8. The molecule has 5 heteroatoms. The maximum atomic E-state index is 12.6. The standard InChI is InChI=1S/C18H15F3O2/c19-18(20,21)15-6-1-11(2-7-15)9-12-3-4-13-10-14(17(22)23)5-8-16(12)13/h1-2,5-8,10,12H,3-4,9H2,(H,22,23). The van der Waals surface area contributed by atoms with Crippen LogP contribution in [0.2, 0.25) is 0 Å². The number of aromatic carboxylic acids is 1. The lowest BCUT2D eigenvalue weighted by Gasteiger charge is -2.13. The van der Waals surface area contributed by atoms with E-state index in [2.05, 4.69) is 0 Å². The monoisotopic (exact) mass is 320 g/mol. The molecule has 0 aromatic heterocycles. The fourth-order valence-electron chi connectivity index (χ4n) is 3.17. The first kappa shape index (κ1) is 15.6. The summed E-state index contributed by atoms with van der Waals surface area (Å²) in [5, 5.41) is 9.02. The van der Waals surface area contributed by atoms with Gasteiger partial charge in [0.2, 0.25) is 0 Å². The van der Waals surface area contributed by atoms with Crippen molar-refractivity contribution < 1.29 is 23.1 Å². The van der Waals surface area contributed by atoms with E-state index in [0.717, 1.165) is 41.7 Å². The summed E-state index contributed by atoms with van der Waals surface area (Å²) in [4.78, 5) is 11.0. The predicted molar refractivity (Wildman–Crippen MR) is 79.6 cm³/mol. The van der Waals surface area contributed by atoms with Gasteiger partial charge in [-0.2, -0.15) is 13.2 Å². The van der Waals surface area contributed by atoms with Gasteiger partial charge in [-0.05, 0) is 66.1 Å². The zero-order chi connectivity index (χ0) is 16.6. The second-order valence-corrected chi connectivity index (χ2v) is 5.85. The van der Waals surface area contributed by atoms with Gasteiger partial charge in [0.15, 0.2) is 0 Å². The van der Waals surface area contributed by atoms with Crippen molar-refractivity contribution in [2.45, 2.75) is 31.4 Å². The van der Waals surface area contributed by atoms with Gasteiger partial charge < -0.3 is 5.11 Å². The van der Waals surface area contributed by atoms with Crippen LogP contribution >= 0.6 is 0 Å². The number of carboxylic acids is 1. The lowest BCUT2D eigenvalue weighted by molar-refractivity contribution is -0.137. The molecular formula is C18H15F3O2. The molecule has 0 saturated carbocycles. The molecule has 3 rings (SSSR count). The normalized spacial score (nSPS) is 17.1. The smallest absolute Gasteiger partial charge is 0.416 e. The molecule has 0 saturated heterocycles. The number of fused-ring (bicyclic) bond motifs is 1. The lowest BCUT2D eigenvalue weighted by Crippen LogP contribution is -2.05. The van der Waals surface area contributed by atoms with Crippen LogP contribution in [0, 0.1) is 0 Å². The molecule has 1 unspecified atom stereocenters. The Morgan fingerprint density at radius 3 is 2.43 bits per heavy atom. The summed E-state index contributed by atoms with van der Waals surface area (Å²) in [6.07, 6.45) is -1.95. The Hall–Kier alpha value is -2.30. The van der Waals surface area contributed by atoms with Crippen molar-refractivity contribution in [1.82, 2.24) is 0 Å². The minimum atomic E-state index is -4.31. The Balaban J connectivity index is 1.77. The lowest BCUT2D eigenvalue weighted by atomic mass is 9.92. The summed E-state index contributed by atoms with van der Waals surface area (Å²) < 4.78 is 37.7. The second kappa shape index (κ2) is 5.72. The molecule has 1 atom stereocenters. The first-order valence-corrected chi connectivity index (χ1v) is 7.37. The van der Waals surface area contributed by atoms with Crippen LogP contribution < -0.4 is 0 Å². The minimum Gasteiger partial charge on any atom is -0.478 e. The van der Waals surface area contributed by atoms with Gasteiger partial charge in [-0.1, -0.05) is 18.2 Å². The van der Waals surface area contributed by atoms with Crippen molar-refractivity contribution in [1.29, 1.82) is 0 Å². The summed E-state index contributed by atoms with van der Waals surface area (Å²) in [7, 11) is 0. The van der Waals surface area contributed by atoms with E-state index < -0.39 is 17.7 Å². The third kappa shape index (κ3) is 3.23. The Morgan fingerprint density at radius 1 is 1.13 bits per heavy atom. The van der Waals surface area contributed by atoms with Crippen LogP contribution in [0.3, 0.4) is 0 Å². The molecule has 0 fully saturated rings. The van der Waals surface area contributed by atoms with Gasteiger partial charge in [0, 0.05) is 0 Å². The molecule has 0 spiro atoms. The fraction of sp³-hybridized carbons (Fsp3) is 0.278. The van der Waals surface area contributed by atoms with Crippen LogP contribution in [0.4, 0.5) is 13.2 Å². The van der Waals surface area contributed by atoms with Gasteiger partial charge >= 0.3 is 12.1 Å². The molecular weight excluding hydrogens is 305 g/mol. The van der Waals surface area contributed by atoms with Gasteiger partial charge in [-0.15, -0.1) is 0 Å². The number of aryl methyl sites for hydroxylation is 1. The van der Waals surface area contributed by atoms with Gasteiger partial charge in [0.05, 0.1) is 11.1 Å². The Bertz CT molecular complexity index is 733.